The highest BCUT2D eigenvalue weighted by molar-refractivity contribution is 7.99. The van der Waals surface area contributed by atoms with Crippen molar-refractivity contribution in [1.29, 1.82) is 0 Å². The van der Waals surface area contributed by atoms with Crippen LogP contribution in [-0.4, -0.2) is 60.6 Å². The van der Waals surface area contributed by atoms with Gasteiger partial charge in [0.15, 0.2) is 0 Å². The molecule has 0 unspecified atom stereocenters. The van der Waals surface area contributed by atoms with E-state index in [0.717, 1.165) is 50.5 Å². The summed E-state index contributed by atoms with van der Waals surface area (Å²) in [7, 11) is 0. The van der Waals surface area contributed by atoms with E-state index in [1.807, 2.05) is 11.8 Å². The first-order valence-corrected chi connectivity index (χ1v) is 8.67. The molecule has 2 rings (SSSR count). The smallest absolute Gasteiger partial charge is 0.240 e. The fourth-order valence-electron chi connectivity index (χ4n) is 2.77. The first-order valence-electron chi connectivity index (χ1n) is 7.52. The molecular weight excluding hydrogens is 329 g/mol. The van der Waals surface area contributed by atoms with E-state index in [4.69, 9.17) is 0 Å². The molecular formula is C14H29Cl2N3OS. The minimum atomic E-state index is -0.00815. The van der Waals surface area contributed by atoms with E-state index in [1.54, 1.807) is 0 Å². The zero-order chi connectivity index (χ0) is 13.7. The van der Waals surface area contributed by atoms with Crippen LogP contribution in [0.25, 0.3) is 0 Å². The lowest BCUT2D eigenvalue weighted by atomic mass is 9.98. The Morgan fingerprint density at radius 2 is 1.76 bits per heavy atom. The van der Waals surface area contributed by atoms with Gasteiger partial charge >= 0.3 is 0 Å². The number of carbonyl (C=O) groups is 1. The van der Waals surface area contributed by atoms with E-state index in [-0.39, 0.29) is 30.9 Å². The summed E-state index contributed by atoms with van der Waals surface area (Å²) in [6.07, 6.45) is 2.26. The van der Waals surface area contributed by atoms with Crippen molar-refractivity contribution in [3.8, 4) is 0 Å². The van der Waals surface area contributed by atoms with Crippen LogP contribution in [-0.2, 0) is 4.79 Å². The first-order chi connectivity index (χ1) is 9.18. The zero-order valence-electron chi connectivity index (χ0n) is 13.0. The molecule has 0 spiro atoms. The quantitative estimate of drug-likeness (QED) is 0.804. The van der Waals surface area contributed by atoms with Gasteiger partial charge in [-0.25, -0.2) is 0 Å². The number of amides is 1. The zero-order valence-corrected chi connectivity index (χ0v) is 15.4. The highest BCUT2D eigenvalue weighted by Crippen LogP contribution is 2.15. The third-order valence-electron chi connectivity index (χ3n) is 4.01. The Kier molecular flexibility index (Phi) is 11.1. The monoisotopic (exact) mass is 357 g/mol. The summed E-state index contributed by atoms with van der Waals surface area (Å²) in [6.45, 7) is 8.26. The van der Waals surface area contributed by atoms with Gasteiger partial charge in [0.25, 0.3) is 0 Å². The summed E-state index contributed by atoms with van der Waals surface area (Å²) in [5.74, 6) is 2.85. The standard InChI is InChI=1S/C14H27N3OS.2ClH/c1-11(2)13(16-12-3-5-15-6-4-12)14(18)17-7-9-19-10-8-17;;/h11-13,15-16H,3-10H2,1-2H3;2*1H/t13-;;/m0../s1. The maximum absolute atomic E-state index is 12.7. The predicted octanol–water partition coefficient (Wildman–Crippen LogP) is 1.77. The molecule has 0 aromatic rings. The van der Waals surface area contributed by atoms with E-state index in [1.165, 1.54) is 0 Å². The molecule has 0 bridgehead atoms. The number of hydrogen-bond acceptors (Lipinski definition) is 4. The number of nitrogens with zero attached hydrogens (tertiary/aromatic N) is 1. The van der Waals surface area contributed by atoms with Gasteiger partial charge < -0.3 is 15.5 Å². The molecule has 2 fully saturated rings. The molecule has 7 heteroatoms. The summed E-state index contributed by atoms with van der Waals surface area (Å²) in [4.78, 5) is 14.7. The number of thioether (sulfide) groups is 1. The Morgan fingerprint density at radius 3 is 2.29 bits per heavy atom. The first kappa shape index (κ1) is 21.3. The molecule has 2 heterocycles. The summed E-state index contributed by atoms with van der Waals surface area (Å²) in [6, 6.07) is 0.489. The van der Waals surface area contributed by atoms with Crippen molar-refractivity contribution in [2.75, 3.05) is 37.7 Å². The van der Waals surface area contributed by atoms with Crippen LogP contribution < -0.4 is 10.6 Å². The van der Waals surface area contributed by atoms with Gasteiger partial charge in [0.05, 0.1) is 6.04 Å². The Balaban J connectivity index is 0.00000200. The van der Waals surface area contributed by atoms with Gasteiger partial charge in [-0.3, -0.25) is 4.79 Å². The molecule has 0 saturated carbocycles. The molecule has 0 aromatic heterocycles. The van der Waals surface area contributed by atoms with E-state index in [2.05, 4.69) is 29.4 Å². The van der Waals surface area contributed by atoms with Crippen LogP contribution in [0.5, 0.6) is 0 Å². The SMILES string of the molecule is CC(C)[C@H](NC1CCNCC1)C(=O)N1CCSCC1.Cl.Cl. The third-order valence-corrected chi connectivity index (χ3v) is 4.95. The fourth-order valence-corrected chi connectivity index (χ4v) is 3.67. The second-order valence-electron chi connectivity index (χ2n) is 5.85. The minimum absolute atomic E-state index is 0. The van der Waals surface area contributed by atoms with Crippen LogP contribution in [0, 0.1) is 5.92 Å². The molecule has 2 N–H and O–H groups in total. The van der Waals surface area contributed by atoms with E-state index in [0.29, 0.717) is 17.9 Å². The Labute approximate surface area is 145 Å². The van der Waals surface area contributed by atoms with Crippen molar-refractivity contribution in [2.24, 2.45) is 5.92 Å². The van der Waals surface area contributed by atoms with Gasteiger partial charge in [-0.2, -0.15) is 11.8 Å². The third kappa shape index (κ3) is 6.53. The summed E-state index contributed by atoms with van der Waals surface area (Å²) in [5, 5.41) is 6.99. The van der Waals surface area contributed by atoms with Gasteiger partial charge in [0, 0.05) is 30.6 Å². The Morgan fingerprint density at radius 1 is 1.19 bits per heavy atom. The lowest BCUT2D eigenvalue weighted by Crippen LogP contribution is -2.55. The number of piperidine rings is 1. The van der Waals surface area contributed by atoms with Crippen LogP contribution in [0.15, 0.2) is 0 Å². The molecule has 0 radical (unpaired) electrons. The number of hydrogen-bond donors (Lipinski definition) is 2. The molecule has 2 saturated heterocycles. The second-order valence-corrected chi connectivity index (χ2v) is 7.08. The Bertz CT molecular complexity index is 296. The van der Waals surface area contributed by atoms with Crippen LogP contribution in [0.4, 0.5) is 0 Å². The highest BCUT2D eigenvalue weighted by atomic mass is 35.5. The second kappa shape index (κ2) is 10.9. The number of nitrogens with one attached hydrogen (secondary N) is 2. The normalized spacial score (nSPS) is 21.4. The van der Waals surface area contributed by atoms with Crippen molar-refractivity contribution >= 4 is 42.5 Å². The molecule has 2 aliphatic rings. The molecule has 0 aromatic carbocycles. The highest BCUT2D eigenvalue weighted by Gasteiger charge is 2.30. The van der Waals surface area contributed by atoms with Crippen molar-refractivity contribution in [3.63, 3.8) is 0 Å². The maximum atomic E-state index is 12.7. The molecule has 2 aliphatic heterocycles. The number of halogens is 2. The largest absolute Gasteiger partial charge is 0.340 e. The van der Waals surface area contributed by atoms with Crippen molar-refractivity contribution in [2.45, 2.75) is 38.8 Å². The lowest BCUT2D eigenvalue weighted by molar-refractivity contribution is -0.134. The van der Waals surface area contributed by atoms with Gasteiger partial charge in [-0.1, -0.05) is 13.8 Å². The van der Waals surface area contributed by atoms with Crippen molar-refractivity contribution in [3.05, 3.63) is 0 Å². The van der Waals surface area contributed by atoms with E-state index < -0.39 is 0 Å². The summed E-state index contributed by atoms with van der Waals surface area (Å²) >= 11 is 1.95. The van der Waals surface area contributed by atoms with Crippen LogP contribution in [0.3, 0.4) is 0 Å². The molecule has 1 amide bonds. The average molecular weight is 358 g/mol. The molecule has 126 valence electrons. The minimum Gasteiger partial charge on any atom is -0.340 e. The van der Waals surface area contributed by atoms with Crippen LogP contribution >= 0.6 is 36.6 Å². The van der Waals surface area contributed by atoms with E-state index in [9.17, 15) is 4.79 Å². The molecule has 4 nitrogen and oxygen atoms in total. The van der Waals surface area contributed by atoms with Crippen molar-refractivity contribution < 1.29 is 4.79 Å². The summed E-state index contributed by atoms with van der Waals surface area (Å²) < 4.78 is 0. The van der Waals surface area contributed by atoms with Crippen molar-refractivity contribution in [1.82, 2.24) is 15.5 Å². The van der Waals surface area contributed by atoms with Gasteiger partial charge in [0.1, 0.15) is 0 Å². The van der Waals surface area contributed by atoms with Gasteiger partial charge in [0.2, 0.25) is 5.91 Å². The lowest BCUT2D eigenvalue weighted by Gasteiger charge is -2.35. The molecule has 21 heavy (non-hydrogen) atoms. The molecule has 0 aliphatic carbocycles. The summed E-state index contributed by atoms with van der Waals surface area (Å²) in [5.41, 5.74) is 0. The van der Waals surface area contributed by atoms with Crippen LogP contribution in [0.1, 0.15) is 26.7 Å². The van der Waals surface area contributed by atoms with Gasteiger partial charge in [-0.05, 0) is 31.8 Å². The number of rotatable bonds is 4. The predicted molar refractivity (Wildman–Crippen MR) is 96.1 cm³/mol. The number of carbonyl (C=O) groups excluding carboxylic acids is 1. The average Bonchev–Trinajstić information content (AvgIpc) is 2.46. The van der Waals surface area contributed by atoms with Gasteiger partial charge in [-0.15, -0.1) is 24.8 Å². The Hall–Kier alpha value is 0.320. The van der Waals surface area contributed by atoms with Crippen LogP contribution in [0.2, 0.25) is 0 Å². The van der Waals surface area contributed by atoms with E-state index >= 15 is 0 Å². The maximum Gasteiger partial charge on any atom is 0.240 e. The molecule has 1 atom stereocenters. The fraction of sp³-hybridized carbons (Fsp3) is 0.929. The topological polar surface area (TPSA) is 44.4 Å².